The number of carbonyl (C=O) groups excluding carboxylic acids is 1. The average Bonchev–Trinajstić information content (AvgIpc) is 2.61. The van der Waals surface area contributed by atoms with Gasteiger partial charge in [-0.2, -0.15) is 5.10 Å². The maximum Gasteiger partial charge on any atom is 0.259 e. The van der Waals surface area contributed by atoms with Crippen LogP contribution < -0.4 is 10.7 Å². The molecular weight excluding hydrogens is 305 g/mol. The van der Waals surface area contributed by atoms with Crippen LogP contribution in [0.5, 0.6) is 0 Å². The Kier molecular flexibility index (Phi) is 4.81. The average molecular weight is 321 g/mol. The van der Waals surface area contributed by atoms with E-state index < -0.39 is 0 Å². The zero-order valence-corrected chi connectivity index (χ0v) is 12.9. The minimum Gasteiger partial charge on any atom is -0.376 e. The molecule has 3 aromatic carbocycles. The molecule has 24 heavy (non-hydrogen) atoms. The fourth-order valence-electron chi connectivity index (χ4n) is 2.35. The molecule has 0 atom stereocenters. The Bertz CT molecular complexity index is 887. The summed E-state index contributed by atoms with van der Waals surface area (Å²) in [4.78, 5) is 11.8. The molecule has 0 fully saturated rings. The van der Waals surface area contributed by atoms with E-state index >= 15 is 0 Å². The Balaban J connectivity index is 1.58. The molecule has 0 heterocycles. The molecular formula is C19H16FN3O. The minimum atomic E-state index is -0.385. The van der Waals surface area contributed by atoms with Crippen LogP contribution in [-0.2, 0) is 4.79 Å². The lowest BCUT2D eigenvalue weighted by Gasteiger charge is -2.08. The van der Waals surface area contributed by atoms with E-state index in [1.54, 1.807) is 18.2 Å². The first-order valence-electron chi connectivity index (χ1n) is 7.52. The lowest BCUT2D eigenvalue weighted by Crippen LogP contribution is -2.26. The van der Waals surface area contributed by atoms with Crippen molar-refractivity contribution < 1.29 is 9.18 Å². The monoisotopic (exact) mass is 321 g/mol. The summed E-state index contributed by atoms with van der Waals surface area (Å²) in [6.45, 7) is 0.0720. The first kappa shape index (κ1) is 15.7. The first-order valence-corrected chi connectivity index (χ1v) is 7.52. The predicted molar refractivity (Wildman–Crippen MR) is 94.6 cm³/mol. The van der Waals surface area contributed by atoms with E-state index in [9.17, 15) is 9.18 Å². The summed E-state index contributed by atoms with van der Waals surface area (Å²) in [5.74, 6) is -0.695. The second-order valence-electron chi connectivity index (χ2n) is 5.19. The number of hydrogen-bond donors (Lipinski definition) is 2. The SMILES string of the molecule is O=C(CNc1cccc2ccccc12)NN=Cc1ccccc1F. The number of benzene rings is 3. The summed E-state index contributed by atoms with van der Waals surface area (Å²) < 4.78 is 13.4. The zero-order valence-electron chi connectivity index (χ0n) is 12.9. The van der Waals surface area contributed by atoms with Crippen LogP contribution in [0.15, 0.2) is 71.8 Å². The van der Waals surface area contributed by atoms with Gasteiger partial charge in [-0.05, 0) is 17.5 Å². The molecule has 0 saturated heterocycles. The molecule has 0 spiro atoms. The second kappa shape index (κ2) is 7.37. The molecule has 0 aliphatic heterocycles. The van der Waals surface area contributed by atoms with Crippen LogP contribution in [0.4, 0.5) is 10.1 Å². The van der Waals surface area contributed by atoms with Crippen LogP contribution in [0.2, 0.25) is 0 Å². The van der Waals surface area contributed by atoms with Crippen molar-refractivity contribution in [3.63, 3.8) is 0 Å². The van der Waals surface area contributed by atoms with Crippen molar-refractivity contribution in [2.75, 3.05) is 11.9 Å². The molecule has 3 aromatic rings. The second-order valence-corrected chi connectivity index (χ2v) is 5.19. The number of nitrogens with one attached hydrogen (secondary N) is 2. The van der Waals surface area contributed by atoms with Crippen LogP contribution in [-0.4, -0.2) is 18.7 Å². The number of nitrogens with zero attached hydrogens (tertiary/aromatic N) is 1. The summed E-state index contributed by atoms with van der Waals surface area (Å²) in [6, 6.07) is 20.0. The quantitative estimate of drug-likeness (QED) is 0.558. The largest absolute Gasteiger partial charge is 0.376 e. The van der Waals surface area contributed by atoms with Gasteiger partial charge in [0.05, 0.1) is 12.8 Å². The van der Waals surface area contributed by atoms with Gasteiger partial charge in [0.15, 0.2) is 0 Å². The highest BCUT2D eigenvalue weighted by atomic mass is 19.1. The molecule has 3 rings (SSSR count). The topological polar surface area (TPSA) is 53.5 Å². The number of halogens is 1. The molecule has 2 N–H and O–H groups in total. The Labute approximate surface area is 139 Å². The molecule has 0 saturated carbocycles. The van der Waals surface area contributed by atoms with E-state index in [-0.39, 0.29) is 18.3 Å². The van der Waals surface area contributed by atoms with Gasteiger partial charge >= 0.3 is 0 Å². The molecule has 0 aromatic heterocycles. The van der Waals surface area contributed by atoms with Gasteiger partial charge in [0.2, 0.25) is 0 Å². The highest BCUT2D eigenvalue weighted by Crippen LogP contribution is 2.22. The molecule has 0 aliphatic rings. The highest BCUT2D eigenvalue weighted by molar-refractivity contribution is 5.95. The standard InChI is InChI=1S/C19H16FN3O/c20-17-10-4-2-7-15(17)12-22-23-19(24)13-21-18-11-5-8-14-6-1-3-9-16(14)18/h1-12,21H,13H2,(H,23,24). The number of rotatable bonds is 5. The number of fused-ring (bicyclic) bond motifs is 1. The molecule has 120 valence electrons. The first-order chi connectivity index (χ1) is 11.7. The van der Waals surface area contributed by atoms with Crippen molar-refractivity contribution in [2.24, 2.45) is 5.10 Å². The van der Waals surface area contributed by atoms with Crippen LogP contribution >= 0.6 is 0 Å². The van der Waals surface area contributed by atoms with Crippen molar-refractivity contribution in [2.45, 2.75) is 0 Å². The van der Waals surface area contributed by atoms with Crippen LogP contribution in [0.25, 0.3) is 10.8 Å². The fourth-order valence-corrected chi connectivity index (χ4v) is 2.35. The van der Waals surface area contributed by atoms with E-state index in [4.69, 9.17) is 0 Å². The maximum absolute atomic E-state index is 13.4. The normalized spacial score (nSPS) is 10.9. The summed E-state index contributed by atoms with van der Waals surface area (Å²) in [6.07, 6.45) is 1.28. The van der Waals surface area contributed by atoms with Crippen molar-refractivity contribution in [1.29, 1.82) is 0 Å². The zero-order chi connectivity index (χ0) is 16.8. The molecule has 0 unspecified atom stereocenters. The Morgan fingerprint density at radius 2 is 1.75 bits per heavy atom. The van der Waals surface area contributed by atoms with E-state index in [1.165, 1.54) is 12.3 Å². The van der Waals surface area contributed by atoms with E-state index in [0.29, 0.717) is 5.56 Å². The van der Waals surface area contributed by atoms with Gasteiger partial charge in [-0.3, -0.25) is 4.79 Å². The molecule has 4 nitrogen and oxygen atoms in total. The Hall–Kier alpha value is -3.21. The Morgan fingerprint density at radius 3 is 2.62 bits per heavy atom. The number of amides is 1. The lowest BCUT2D eigenvalue weighted by atomic mass is 10.1. The molecule has 0 radical (unpaired) electrons. The van der Waals surface area contributed by atoms with Gasteiger partial charge in [0.25, 0.3) is 5.91 Å². The smallest absolute Gasteiger partial charge is 0.259 e. The van der Waals surface area contributed by atoms with Gasteiger partial charge in [0, 0.05) is 16.6 Å². The van der Waals surface area contributed by atoms with Crippen LogP contribution in [0.3, 0.4) is 0 Å². The minimum absolute atomic E-state index is 0.0720. The number of hydrazone groups is 1. The van der Waals surface area contributed by atoms with Gasteiger partial charge in [-0.15, -0.1) is 0 Å². The number of carbonyl (C=O) groups is 1. The Morgan fingerprint density at radius 1 is 1.00 bits per heavy atom. The third kappa shape index (κ3) is 3.76. The lowest BCUT2D eigenvalue weighted by molar-refractivity contribution is -0.119. The fraction of sp³-hybridized carbons (Fsp3) is 0.0526. The third-order valence-corrected chi connectivity index (χ3v) is 3.53. The van der Waals surface area contributed by atoms with Crippen molar-refractivity contribution >= 4 is 28.6 Å². The van der Waals surface area contributed by atoms with Gasteiger partial charge in [0.1, 0.15) is 5.82 Å². The van der Waals surface area contributed by atoms with Gasteiger partial charge in [-0.1, -0.05) is 54.6 Å². The predicted octanol–water partition coefficient (Wildman–Crippen LogP) is 3.54. The molecule has 0 bridgehead atoms. The summed E-state index contributed by atoms with van der Waals surface area (Å²) >= 11 is 0. The molecule has 1 amide bonds. The van der Waals surface area contributed by atoms with Crippen LogP contribution in [0.1, 0.15) is 5.56 Å². The third-order valence-electron chi connectivity index (χ3n) is 3.53. The molecule has 0 aliphatic carbocycles. The highest BCUT2D eigenvalue weighted by Gasteiger charge is 2.03. The number of hydrogen-bond acceptors (Lipinski definition) is 3. The van der Waals surface area contributed by atoms with Gasteiger partial charge < -0.3 is 5.32 Å². The van der Waals surface area contributed by atoms with Crippen molar-refractivity contribution in [3.8, 4) is 0 Å². The van der Waals surface area contributed by atoms with Crippen LogP contribution in [0, 0.1) is 5.82 Å². The van der Waals surface area contributed by atoms with Crippen molar-refractivity contribution in [1.82, 2.24) is 5.43 Å². The van der Waals surface area contributed by atoms with E-state index in [0.717, 1.165) is 16.5 Å². The maximum atomic E-state index is 13.4. The summed E-state index contributed by atoms with van der Waals surface area (Å²) in [5, 5.41) is 9.00. The van der Waals surface area contributed by atoms with Crippen molar-refractivity contribution in [3.05, 3.63) is 78.1 Å². The van der Waals surface area contributed by atoms with E-state index in [1.807, 2.05) is 42.5 Å². The summed E-state index contributed by atoms with van der Waals surface area (Å²) in [7, 11) is 0. The summed E-state index contributed by atoms with van der Waals surface area (Å²) in [5.41, 5.74) is 3.57. The van der Waals surface area contributed by atoms with Gasteiger partial charge in [-0.25, -0.2) is 9.82 Å². The molecule has 5 heteroatoms. The number of anilines is 1. The van der Waals surface area contributed by atoms with E-state index in [2.05, 4.69) is 15.8 Å².